The third-order valence-electron chi connectivity index (χ3n) is 4.61. The number of hydrogen-bond donors (Lipinski definition) is 1. The normalized spacial score (nSPS) is 14.2. The molecule has 26 heavy (non-hydrogen) atoms. The fourth-order valence-corrected chi connectivity index (χ4v) is 4.46. The first-order valence-corrected chi connectivity index (χ1v) is 10.2. The van der Waals surface area contributed by atoms with E-state index in [1.54, 1.807) is 23.8 Å². The van der Waals surface area contributed by atoms with Crippen molar-refractivity contribution >= 4 is 28.6 Å². The summed E-state index contributed by atoms with van der Waals surface area (Å²) in [4.78, 5) is 21.2. The second-order valence-corrected chi connectivity index (χ2v) is 8.31. The SMILES string of the molecule is Cc1nc(-c2ccc(OCC3CCC3)c(-c3cncs3)c2)sc1C(=O)O. The molecule has 1 fully saturated rings. The van der Waals surface area contributed by atoms with Crippen molar-refractivity contribution in [2.45, 2.75) is 26.2 Å². The summed E-state index contributed by atoms with van der Waals surface area (Å²) in [5.74, 6) is 0.565. The molecule has 1 aliphatic carbocycles. The lowest BCUT2D eigenvalue weighted by Gasteiger charge is -2.25. The summed E-state index contributed by atoms with van der Waals surface area (Å²) < 4.78 is 6.09. The summed E-state index contributed by atoms with van der Waals surface area (Å²) in [5, 5.41) is 9.97. The number of hydrogen-bond acceptors (Lipinski definition) is 6. The Balaban J connectivity index is 1.69. The number of thiazole rings is 2. The molecule has 0 spiro atoms. The Morgan fingerprint density at radius 3 is 2.85 bits per heavy atom. The number of aromatic carboxylic acids is 1. The first-order chi connectivity index (χ1) is 12.6. The average Bonchev–Trinajstić information content (AvgIpc) is 3.23. The fourth-order valence-electron chi connectivity index (χ4n) is 2.92. The van der Waals surface area contributed by atoms with Crippen LogP contribution in [0.3, 0.4) is 0 Å². The molecular weight excluding hydrogens is 368 g/mol. The van der Waals surface area contributed by atoms with Crippen molar-refractivity contribution in [3.05, 3.63) is 40.5 Å². The lowest BCUT2D eigenvalue weighted by atomic mass is 9.86. The van der Waals surface area contributed by atoms with Crippen molar-refractivity contribution < 1.29 is 14.6 Å². The van der Waals surface area contributed by atoms with Crippen LogP contribution in [0.2, 0.25) is 0 Å². The molecule has 2 aromatic heterocycles. The van der Waals surface area contributed by atoms with E-state index in [2.05, 4.69) is 9.97 Å². The van der Waals surface area contributed by atoms with Crippen LogP contribution in [0.5, 0.6) is 5.75 Å². The zero-order chi connectivity index (χ0) is 18.1. The van der Waals surface area contributed by atoms with Gasteiger partial charge in [-0.3, -0.25) is 4.98 Å². The average molecular weight is 386 g/mol. The molecule has 3 aromatic rings. The molecule has 0 unspecified atom stereocenters. The van der Waals surface area contributed by atoms with Gasteiger partial charge in [-0.05, 0) is 43.9 Å². The van der Waals surface area contributed by atoms with Crippen LogP contribution < -0.4 is 4.74 Å². The van der Waals surface area contributed by atoms with E-state index >= 15 is 0 Å². The molecule has 7 heteroatoms. The summed E-state index contributed by atoms with van der Waals surface area (Å²) in [6, 6.07) is 5.93. The van der Waals surface area contributed by atoms with Crippen LogP contribution in [0.4, 0.5) is 0 Å². The van der Waals surface area contributed by atoms with Gasteiger partial charge in [0.25, 0.3) is 0 Å². The zero-order valence-corrected chi connectivity index (χ0v) is 15.9. The number of carboxylic acid groups (broad SMARTS) is 1. The van der Waals surface area contributed by atoms with Crippen LogP contribution in [0.1, 0.15) is 34.6 Å². The maximum atomic E-state index is 11.3. The molecule has 0 bridgehead atoms. The second-order valence-electron chi connectivity index (χ2n) is 6.42. The minimum atomic E-state index is -0.936. The van der Waals surface area contributed by atoms with Crippen LogP contribution in [-0.4, -0.2) is 27.7 Å². The number of benzene rings is 1. The summed E-state index contributed by atoms with van der Waals surface area (Å²) in [7, 11) is 0. The molecule has 0 radical (unpaired) electrons. The minimum Gasteiger partial charge on any atom is -0.493 e. The Morgan fingerprint density at radius 2 is 2.23 bits per heavy atom. The van der Waals surface area contributed by atoms with Gasteiger partial charge in [0.1, 0.15) is 15.6 Å². The highest BCUT2D eigenvalue weighted by molar-refractivity contribution is 7.17. The summed E-state index contributed by atoms with van der Waals surface area (Å²) >= 11 is 2.76. The maximum Gasteiger partial charge on any atom is 0.347 e. The highest BCUT2D eigenvalue weighted by Crippen LogP contribution is 2.38. The first kappa shape index (κ1) is 17.2. The lowest BCUT2D eigenvalue weighted by Crippen LogP contribution is -2.19. The highest BCUT2D eigenvalue weighted by atomic mass is 32.1. The van der Waals surface area contributed by atoms with E-state index in [4.69, 9.17) is 4.74 Å². The van der Waals surface area contributed by atoms with Gasteiger partial charge in [-0.15, -0.1) is 22.7 Å². The number of rotatable bonds is 6. The highest BCUT2D eigenvalue weighted by Gasteiger charge is 2.20. The van der Waals surface area contributed by atoms with Crippen LogP contribution in [0.15, 0.2) is 29.9 Å². The summed E-state index contributed by atoms with van der Waals surface area (Å²) in [6.45, 7) is 2.47. The Hall–Kier alpha value is -2.25. The molecule has 1 saturated carbocycles. The van der Waals surface area contributed by atoms with Gasteiger partial charge in [0.05, 0.1) is 22.7 Å². The molecule has 1 N–H and O–H groups in total. The molecule has 0 saturated heterocycles. The Bertz CT molecular complexity index is 930. The predicted octanol–water partition coefficient (Wildman–Crippen LogP) is 5.12. The number of aryl methyl sites for hydroxylation is 1. The number of carboxylic acids is 1. The Labute approximate surface area is 159 Å². The third-order valence-corrected chi connectivity index (χ3v) is 6.62. The lowest BCUT2D eigenvalue weighted by molar-refractivity contribution is 0.0701. The fraction of sp³-hybridized carbons (Fsp3) is 0.316. The minimum absolute atomic E-state index is 0.282. The van der Waals surface area contributed by atoms with Gasteiger partial charge >= 0.3 is 5.97 Å². The molecule has 0 aliphatic heterocycles. The summed E-state index contributed by atoms with van der Waals surface area (Å²) in [6.07, 6.45) is 5.61. The molecule has 0 atom stereocenters. The monoisotopic (exact) mass is 386 g/mol. The van der Waals surface area contributed by atoms with E-state index in [9.17, 15) is 9.90 Å². The molecular formula is C19H18N2O3S2. The van der Waals surface area contributed by atoms with Gasteiger partial charge in [0, 0.05) is 17.3 Å². The molecule has 134 valence electrons. The van der Waals surface area contributed by atoms with Crippen molar-refractivity contribution in [3.63, 3.8) is 0 Å². The van der Waals surface area contributed by atoms with Crippen LogP contribution in [0.25, 0.3) is 21.0 Å². The number of nitrogens with zero attached hydrogens (tertiary/aromatic N) is 2. The summed E-state index contributed by atoms with van der Waals surface area (Å²) in [5.41, 5.74) is 4.22. The van der Waals surface area contributed by atoms with Crippen molar-refractivity contribution in [1.82, 2.24) is 9.97 Å². The standard InChI is InChI=1S/C19H18N2O3S2/c1-11-17(19(22)23)26-18(21-11)13-5-6-15(24-9-12-3-2-4-12)14(7-13)16-8-20-10-25-16/h5-8,10,12H,2-4,9H2,1H3,(H,22,23). The number of carbonyl (C=O) groups is 1. The smallest absolute Gasteiger partial charge is 0.347 e. The number of aromatic nitrogens is 2. The van der Waals surface area contributed by atoms with Gasteiger partial charge < -0.3 is 9.84 Å². The molecule has 2 heterocycles. The maximum absolute atomic E-state index is 11.3. The molecule has 4 rings (SSSR count). The van der Waals surface area contributed by atoms with E-state index in [0.717, 1.165) is 28.4 Å². The van der Waals surface area contributed by atoms with Crippen molar-refractivity contribution in [3.8, 4) is 26.8 Å². The van der Waals surface area contributed by atoms with Gasteiger partial charge in [0.2, 0.25) is 0 Å². The van der Waals surface area contributed by atoms with Crippen molar-refractivity contribution in [2.75, 3.05) is 6.61 Å². The van der Waals surface area contributed by atoms with Gasteiger partial charge in [-0.2, -0.15) is 0 Å². The van der Waals surface area contributed by atoms with E-state index in [0.29, 0.717) is 16.6 Å². The van der Waals surface area contributed by atoms with E-state index in [-0.39, 0.29) is 4.88 Å². The van der Waals surface area contributed by atoms with Crippen LogP contribution >= 0.6 is 22.7 Å². The van der Waals surface area contributed by atoms with Crippen LogP contribution in [0, 0.1) is 12.8 Å². The topological polar surface area (TPSA) is 72.3 Å². The van der Waals surface area contributed by atoms with Gasteiger partial charge in [0.15, 0.2) is 0 Å². The Kier molecular flexibility index (Phi) is 4.74. The zero-order valence-electron chi connectivity index (χ0n) is 14.3. The first-order valence-electron chi connectivity index (χ1n) is 8.48. The molecule has 1 aliphatic rings. The molecule has 5 nitrogen and oxygen atoms in total. The largest absolute Gasteiger partial charge is 0.493 e. The second kappa shape index (κ2) is 7.17. The van der Waals surface area contributed by atoms with E-state index in [1.165, 1.54) is 30.6 Å². The van der Waals surface area contributed by atoms with Crippen molar-refractivity contribution in [1.29, 1.82) is 0 Å². The van der Waals surface area contributed by atoms with Gasteiger partial charge in [-0.1, -0.05) is 6.42 Å². The van der Waals surface area contributed by atoms with E-state index < -0.39 is 5.97 Å². The quantitative estimate of drug-likeness (QED) is 0.637. The third kappa shape index (κ3) is 3.37. The number of ether oxygens (including phenoxy) is 1. The predicted molar refractivity (Wildman–Crippen MR) is 103 cm³/mol. The van der Waals surface area contributed by atoms with E-state index in [1.807, 2.05) is 24.4 Å². The van der Waals surface area contributed by atoms with Crippen LogP contribution in [-0.2, 0) is 0 Å². The molecule has 1 aromatic carbocycles. The van der Waals surface area contributed by atoms with Gasteiger partial charge in [-0.25, -0.2) is 9.78 Å². The van der Waals surface area contributed by atoms with Crippen molar-refractivity contribution in [2.24, 2.45) is 5.92 Å². The molecule has 0 amide bonds. The Morgan fingerprint density at radius 1 is 1.38 bits per heavy atom.